The van der Waals surface area contributed by atoms with Crippen LogP contribution in [-0.2, 0) is 16.0 Å². The number of esters is 1. The largest absolute Gasteiger partial charge is 0.507 e. The van der Waals surface area contributed by atoms with E-state index in [0.29, 0.717) is 51.0 Å². The molecule has 0 unspecified atom stereocenters. The minimum Gasteiger partial charge on any atom is -0.507 e. The molecule has 3 aromatic carbocycles. The monoisotopic (exact) mass is 487 g/mol. The highest BCUT2D eigenvalue weighted by molar-refractivity contribution is 6.42. The Kier molecular flexibility index (Phi) is 6.98. The van der Waals surface area contributed by atoms with Crippen LogP contribution in [0.5, 0.6) is 11.5 Å². The summed E-state index contributed by atoms with van der Waals surface area (Å²) >= 11 is 12.3. The molecule has 0 aliphatic heterocycles. The van der Waals surface area contributed by atoms with E-state index in [9.17, 15) is 9.90 Å². The van der Waals surface area contributed by atoms with Crippen molar-refractivity contribution in [1.29, 1.82) is 0 Å². The van der Waals surface area contributed by atoms with E-state index in [1.54, 1.807) is 31.4 Å². The van der Waals surface area contributed by atoms with E-state index in [1.165, 1.54) is 0 Å². The topological polar surface area (TPSA) is 69.9 Å². The summed E-state index contributed by atoms with van der Waals surface area (Å²) in [4.78, 5) is 13.0. The van der Waals surface area contributed by atoms with Crippen LogP contribution in [0.1, 0.15) is 16.1 Å². The summed E-state index contributed by atoms with van der Waals surface area (Å²) < 4.78 is 18.3. The Balaban J connectivity index is 1.77. The van der Waals surface area contributed by atoms with Gasteiger partial charge in [-0.2, -0.15) is 0 Å². The first-order chi connectivity index (χ1) is 15.9. The molecular formula is C25H23Cl2NO5. The number of carbonyl (C=O) groups is 1. The number of aromatic hydroxyl groups is 1. The van der Waals surface area contributed by atoms with Crippen LogP contribution >= 0.6 is 23.2 Å². The van der Waals surface area contributed by atoms with Gasteiger partial charge < -0.3 is 23.9 Å². The number of nitrogens with zero attached hydrogens (tertiary/aromatic N) is 1. The molecule has 8 heteroatoms. The van der Waals surface area contributed by atoms with Gasteiger partial charge in [-0.05, 0) is 25.1 Å². The van der Waals surface area contributed by atoms with E-state index >= 15 is 0 Å². The number of methoxy groups -OCH3 is 1. The summed E-state index contributed by atoms with van der Waals surface area (Å²) in [6.07, 6.45) is 0. The van der Waals surface area contributed by atoms with E-state index in [1.807, 2.05) is 35.8 Å². The Morgan fingerprint density at radius 2 is 1.76 bits per heavy atom. The molecule has 0 fully saturated rings. The molecule has 4 aromatic rings. The lowest BCUT2D eigenvalue weighted by Gasteiger charge is -2.13. The molecule has 172 valence electrons. The third-order valence-electron chi connectivity index (χ3n) is 5.51. The van der Waals surface area contributed by atoms with Crippen LogP contribution in [-0.4, -0.2) is 42.6 Å². The maximum Gasteiger partial charge on any atom is 0.340 e. The maximum absolute atomic E-state index is 13.0. The minimum absolute atomic E-state index is 0.100. The molecule has 0 saturated heterocycles. The van der Waals surface area contributed by atoms with Crippen LogP contribution in [0.25, 0.3) is 21.7 Å². The van der Waals surface area contributed by atoms with E-state index in [-0.39, 0.29) is 19.0 Å². The molecule has 0 amide bonds. The standard InChI is InChI=1S/C25H23Cl2NO5/c1-15-22(25(30)33-13-12-31-2)18-14-20(29)16-6-3-4-7-17(16)24(18)28(15)10-11-32-21-9-5-8-19(26)23(21)27/h3-9,14,29H,10-13H2,1-2H3. The summed E-state index contributed by atoms with van der Waals surface area (Å²) in [5.41, 5.74) is 1.94. The zero-order valence-corrected chi connectivity index (χ0v) is 19.7. The molecule has 0 saturated carbocycles. The van der Waals surface area contributed by atoms with Gasteiger partial charge >= 0.3 is 5.97 Å². The predicted octanol–water partition coefficient (Wildman–Crippen LogP) is 6.00. The highest BCUT2D eigenvalue weighted by Crippen LogP contribution is 2.38. The number of benzene rings is 3. The molecular weight excluding hydrogens is 465 g/mol. The second-order valence-electron chi connectivity index (χ2n) is 7.48. The van der Waals surface area contributed by atoms with Gasteiger partial charge in [0.1, 0.15) is 29.7 Å². The fourth-order valence-corrected chi connectivity index (χ4v) is 4.34. The van der Waals surface area contributed by atoms with Crippen LogP contribution in [0.2, 0.25) is 10.0 Å². The van der Waals surface area contributed by atoms with Crippen molar-refractivity contribution in [3.8, 4) is 11.5 Å². The van der Waals surface area contributed by atoms with Crippen molar-refractivity contribution in [2.24, 2.45) is 0 Å². The van der Waals surface area contributed by atoms with Crippen LogP contribution in [0.4, 0.5) is 0 Å². The number of ether oxygens (including phenoxy) is 3. The van der Waals surface area contributed by atoms with Gasteiger partial charge in [-0.1, -0.05) is 53.5 Å². The van der Waals surface area contributed by atoms with Gasteiger partial charge in [-0.25, -0.2) is 4.79 Å². The highest BCUT2D eigenvalue weighted by Gasteiger charge is 2.24. The first-order valence-corrected chi connectivity index (χ1v) is 11.2. The van der Waals surface area contributed by atoms with Gasteiger partial charge in [0.15, 0.2) is 0 Å². The lowest BCUT2D eigenvalue weighted by molar-refractivity contribution is 0.0389. The van der Waals surface area contributed by atoms with Crippen LogP contribution < -0.4 is 4.74 Å². The van der Waals surface area contributed by atoms with E-state index in [0.717, 1.165) is 10.9 Å². The smallest absolute Gasteiger partial charge is 0.340 e. The average Bonchev–Trinajstić information content (AvgIpc) is 3.08. The summed E-state index contributed by atoms with van der Waals surface area (Å²) in [7, 11) is 1.54. The van der Waals surface area contributed by atoms with Crippen LogP contribution in [0.3, 0.4) is 0 Å². The molecule has 0 atom stereocenters. The summed E-state index contributed by atoms with van der Waals surface area (Å²) in [5, 5.41) is 13.5. The number of hydrogen-bond donors (Lipinski definition) is 1. The van der Waals surface area contributed by atoms with Gasteiger partial charge in [0, 0.05) is 29.0 Å². The number of carbonyl (C=O) groups excluding carboxylic acids is 1. The lowest BCUT2D eigenvalue weighted by Crippen LogP contribution is -2.13. The first kappa shape index (κ1) is 23.2. The number of fused-ring (bicyclic) bond motifs is 3. The zero-order valence-electron chi connectivity index (χ0n) is 18.2. The molecule has 0 radical (unpaired) electrons. The number of rotatable bonds is 8. The van der Waals surface area contributed by atoms with Crippen molar-refractivity contribution in [3.63, 3.8) is 0 Å². The molecule has 33 heavy (non-hydrogen) atoms. The van der Waals surface area contributed by atoms with Crippen LogP contribution in [0, 0.1) is 6.92 Å². The molecule has 0 bridgehead atoms. The number of phenolic OH excluding ortho intramolecular Hbond substituents is 1. The first-order valence-electron chi connectivity index (χ1n) is 10.4. The fourth-order valence-electron chi connectivity index (χ4n) is 3.99. The number of hydrogen-bond acceptors (Lipinski definition) is 5. The molecule has 0 spiro atoms. The molecule has 6 nitrogen and oxygen atoms in total. The van der Waals surface area contributed by atoms with Gasteiger partial charge in [-0.3, -0.25) is 0 Å². The van der Waals surface area contributed by atoms with E-state index in [4.69, 9.17) is 37.4 Å². The lowest BCUT2D eigenvalue weighted by atomic mass is 10.0. The Hall–Kier alpha value is -2.93. The minimum atomic E-state index is -0.471. The third kappa shape index (κ3) is 4.47. The Morgan fingerprint density at radius 3 is 2.52 bits per heavy atom. The Bertz CT molecular complexity index is 1330. The van der Waals surface area contributed by atoms with Gasteiger partial charge in [0.05, 0.1) is 29.3 Å². The molecule has 1 heterocycles. The van der Waals surface area contributed by atoms with Crippen molar-refractivity contribution in [3.05, 3.63) is 69.8 Å². The van der Waals surface area contributed by atoms with Gasteiger partial charge in [0.2, 0.25) is 0 Å². The molecule has 0 aliphatic carbocycles. The second-order valence-corrected chi connectivity index (χ2v) is 8.26. The number of halogens is 2. The maximum atomic E-state index is 13.0. The SMILES string of the molecule is COCCOC(=O)c1c(C)n(CCOc2cccc(Cl)c2Cl)c2c1cc(O)c1ccccc12. The van der Waals surface area contributed by atoms with Crippen molar-refractivity contribution in [2.45, 2.75) is 13.5 Å². The van der Waals surface area contributed by atoms with Crippen molar-refractivity contribution in [2.75, 3.05) is 26.9 Å². The Labute approximate surface area is 201 Å². The molecule has 1 N–H and O–H groups in total. The van der Waals surface area contributed by atoms with Gasteiger partial charge in [-0.15, -0.1) is 0 Å². The normalized spacial score (nSPS) is 11.3. The van der Waals surface area contributed by atoms with E-state index in [2.05, 4.69) is 0 Å². The fraction of sp³-hybridized carbons (Fsp3) is 0.240. The second kappa shape index (κ2) is 9.91. The third-order valence-corrected chi connectivity index (χ3v) is 6.32. The Morgan fingerprint density at radius 1 is 1.00 bits per heavy atom. The average molecular weight is 488 g/mol. The van der Waals surface area contributed by atoms with E-state index < -0.39 is 5.97 Å². The predicted molar refractivity (Wildman–Crippen MR) is 130 cm³/mol. The summed E-state index contributed by atoms with van der Waals surface area (Å²) in [6, 6.07) is 14.3. The molecule has 1 aromatic heterocycles. The summed E-state index contributed by atoms with van der Waals surface area (Å²) in [6.45, 7) is 3.01. The quantitative estimate of drug-likeness (QED) is 0.244. The summed E-state index contributed by atoms with van der Waals surface area (Å²) in [5.74, 6) is 0.116. The van der Waals surface area contributed by atoms with Crippen molar-refractivity contribution < 1.29 is 24.1 Å². The van der Waals surface area contributed by atoms with Gasteiger partial charge in [0.25, 0.3) is 0 Å². The van der Waals surface area contributed by atoms with Crippen molar-refractivity contribution in [1.82, 2.24) is 4.57 Å². The van der Waals surface area contributed by atoms with Crippen molar-refractivity contribution >= 4 is 50.8 Å². The molecule has 0 aliphatic rings. The highest BCUT2D eigenvalue weighted by atomic mass is 35.5. The number of phenols is 1. The molecule has 4 rings (SSSR count). The zero-order chi connectivity index (χ0) is 23.5. The number of aromatic nitrogens is 1. The van der Waals surface area contributed by atoms with Crippen LogP contribution in [0.15, 0.2) is 48.5 Å².